The van der Waals surface area contributed by atoms with Crippen molar-refractivity contribution in [3.8, 4) is 0 Å². The van der Waals surface area contributed by atoms with E-state index in [0.29, 0.717) is 5.41 Å². The number of fused-ring (bicyclic) bond motifs is 1. The fourth-order valence-corrected chi connectivity index (χ4v) is 2.56. The summed E-state index contributed by atoms with van der Waals surface area (Å²) in [6.07, 6.45) is 1.23. The standard InChI is InChI=1S/C13H18BrN/c1-9-7-10-12(8-11(9)14)15(4)6-5-13(10,2)3/h7-8H,5-6H2,1-4H3. The number of rotatable bonds is 0. The van der Waals surface area contributed by atoms with Crippen LogP contribution < -0.4 is 4.90 Å². The molecule has 1 aliphatic rings. The van der Waals surface area contributed by atoms with Crippen molar-refractivity contribution in [2.24, 2.45) is 0 Å². The van der Waals surface area contributed by atoms with Crippen LogP contribution >= 0.6 is 15.9 Å². The van der Waals surface area contributed by atoms with Crippen LogP contribution in [0.2, 0.25) is 0 Å². The van der Waals surface area contributed by atoms with Gasteiger partial charge in [-0.15, -0.1) is 0 Å². The molecule has 0 saturated carbocycles. The first-order valence-electron chi connectivity index (χ1n) is 5.43. The minimum absolute atomic E-state index is 0.313. The molecule has 0 aromatic heterocycles. The Morgan fingerprint density at radius 3 is 2.67 bits per heavy atom. The van der Waals surface area contributed by atoms with Gasteiger partial charge in [-0.2, -0.15) is 0 Å². The van der Waals surface area contributed by atoms with Gasteiger partial charge >= 0.3 is 0 Å². The van der Waals surface area contributed by atoms with Crippen LogP contribution in [0.4, 0.5) is 5.69 Å². The van der Waals surface area contributed by atoms with Crippen molar-refractivity contribution in [3.05, 3.63) is 27.7 Å². The zero-order valence-corrected chi connectivity index (χ0v) is 11.5. The van der Waals surface area contributed by atoms with Crippen molar-refractivity contribution in [1.82, 2.24) is 0 Å². The lowest BCUT2D eigenvalue weighted by atomic mass is 9.77. The van der Waals surface area contributed by atoms with Gasteiger partial charge in [-0.05, 0) is 36.0 Å². The van der Waals surface area contributed by atoms with Crippen LogP contribution in [0.25, 0.3) is 0 Å². The van der Waals surface area contributed by atoms with E-state index >= 15 is 0 Å². The maximum Gasteiger partial charge on any atom is 0.0413 e. The third-order valence-electron chi connectivity index (χ3n) is 3.49. The molecule has 1 aromatic carbocycles. The number of halogens is 1. The lowest BCUT2D eigenvalue weighted by Gasteiger charge is -2.38. The molecule has 0 amide bonds. The molecule has 82 valence electrons. The molecular weight excluding hydrogens is 250 g/mol. The van der Waals surface area contributed by atoms with E-state index in [1.807, 2.05) is 0 Å². The smallest absolute Gasteiger partial charge is 0.0413 e. The van der Waals surface area contributed by atoms with Crippen LogP contribution in [0.1, 0.15) is 31.4 Å². The Bertz CT molecular complexity index is 396. The first-order chi connectivity index (χ1) is 6.92. The first-order valence-corrected chi connectivity index (χ1v) is 6.23. The third kappa shape index (κ3) is 1.80. The van der Waals surface area contributed by atoms with Gasteiger partial charge in [-0.25, -0.2) is 0 Å². The molecule has 15 heavy (non-hydrogen) atoms. The largest absolute Gasteiger partial charge is 0.374 e. The Hall–Kier alpha value is -0.500. The molecule has 1 heterocycles. The van der Waals surface area contributed by atoms with Gasteiger partial charge in [-0.1, -0.05) is 35.8 Å². The fourth-order valence-electron chi connectivity index (χ4n) is 2.23. The van der Waals surface area contributed by atoms with Crippen LogP contribution in [0.15, 0.2) is 16.6 Å². The first kappa shape index (κ1) is 11.0. The molecule has 1 aromatic rings. The monoisotopic (exact) mass is 267 g/mol. The van der Waals surface area contributed by atoms with Gasteiger partial charge in [0.05, 0.1) is 0 Å². The molecule has 0 fully saturated rings. The van der Waals surface area contributed by atoms with Crippen molar-refractivity contribution < 1.29 is 0 Å². The summed E-state index contributed by atoms with van der Waals surface area (Å²) < 4.78 is 1.21. The van der Waals surface area contributed by atoms with Crippen molar-refractivity contribution >= 4 is 21.6 Å². The lowest BCUT2D eigenvalue weighted by molar-refractivity contribution is 0.461. The zero-order valence-electron chi connectivity index (χ0n) is 9.89. The summed E-state index contributed by atoms with van der Waals surface area (Å²) in [7, 11) is 2.18. The maximum absolute atomic E-state index is 3.61. The molecular formula is C13H18BrN. The van der Waals surface area contributed by atoms with E-state index < -0.39 is 0 Å². The molecule has 0 radical (unpaired) electrons. The Kier molecular flexibility index (Phi) is 2.58. The molecule has 2 heteroatoms. The van der Waals surface area contributed by atoms with Gasteiger partial charge in [0, 0.05) is 23.8 Å². The Labute approximate surface area is 101 Å². The van der Waals surface area contributed by atoms with Crippen LogP contribution in [0, 0.1) is 6.92 Å². The second kappa shape index (κ2) is 3.51. The Morgan fingerprint density at radius 2 is 2.00 bits per heavy atom. The number of hydrogen-bond donors (Lipinski definition) is 0. The van der Waals surface area contributed by atoms with Crippen LogP contribution in [0.3, 0.4) is 0 Å². The normalized spacial score (nSPS) is 18.9. The minimum Gasteiger partial charge on any atom is -0.374 e. The quantitative estimate of drug-likeness (QED) is 0.690. The molecule has 0 unspecified atom stereocenters. The summed E-state index contributed by atoms with van der Waals surface area (Å²) in [5.74, 6) is 0. The van der Waals surface area contributed by atoms with Gasteiger partial charge in [0.15, 0.2) is 0 Å². The molecule has 0 aliphatic carbocycles. The summed E-state index contributed by atoms with van der Waals surface area (Å²) in [6.45, 7) is 7.99. The summed E-state index contributed by atoms with van der Waals surface area (Å²) >= 11 is 3.61. The molecule has 1 aliphatic heterocycles. The molecule has 1 nitrogen and oxygen atoms in total. The second-order valence-electron chi connectivity index (χ2n) is 5.17. The van der Waals surface area contributed by atoms with Crippen molar-refractivity contribution in [3.63, 3.8) is 0 Å². The van der Waals surface area contributed by atoms with E-state index in [9.17, 15) is 0 Å². The Morgan fingerprint density at radius 1 is 1.33 bits per heavy atom. The highest BCUT2D eigenvalue weighted by Gasteiger charge is 2.30. The average Bonchev–Trinajstić information content (AvgIpc) is 2.16. The summed E-state index contributed by atoms with van der Waals surface area (Å²) in [4.78, 5) is 2.35. The Balaban J connectivity index is 2.63. The van der Waals surface area contributed by atoms with Gasteiger partial charge in [-0.3, -0.25) is 0 Å². The number of aryl methyl sites for hydroxylation is 1. The number of anilines is 1. The second-order valence-corrected chi connectivity index (χ2v) is 6.03. The van der Waals surface area contributed by atoms with Crippen molar-refractivity contribution in [2.75, 3.05) is 18.5 Å². The fraction of sp³-hybridized carbons (Fsp3) is 0.538. The van der Waals surface area contributed by atoms with E-state index in [2.05, 4.69) is 60.8 Å². The van der Waals surface area contributed by atoms with E-state index in [-0.39, 0.29) is 0 Å². The highest BCUT2D eigenvalue weighted by atomic mass is 79.9. The highest BCUT2D eigenvalue weighted by molar-refractivity contribution is 9.10. The highest BCUT2D eigenvalue weighted by Crippen LogP contribution is 2.41. The number of hydrogen-bond acceptors (Lipinski definition) is 1. The molecule has 0 atom stereocenters. The summed E-state index contributed by atoms with van der Waals surface area (Å²) in [6, 6.07) is 4.58. The van der Waals surface area contributed by atoms with Crippen molar-refractivity contribution in [1.29, 1.82) is 0 Å². The van der Waals surface area contributed by atoms with Gasteiger partial charge in [0.1, 0.15) is 0 Å². The lowest BCUT2D eigenvalue weighted by Crippen LogP contribution is -2.34. The summed E-state index contributed by atoms with van der Waals surface area (Å²) in [5, 5.41) is 0. The number of nitrogens with zero attached hydrogens (tertiary/aromatic N) is 1. The molecule has 0 bridgehead atoms. The maximum atomic E-state index is 3.61. The number of benzene rings is 1. The SMILES string of the molecule is Cc1cc2c(cc1Br)N(C)CCC2(C)C. The predicted molar refractivity (Wildman–Crippen MR) is 69.8 cm³/mol. The molecule has 0 N–H and O–H groups in total. The molecule has 2 rings (SSSR count). The van der Waals surface area contributed by atoms with Crippen molar-refractivity contribution in [2.45, 2.75) is 32.6 Å². The average molecular weight is 268 g/mol. The summed E-state index contributed by atoms with van der Waals surface area (Å²) in [5.41, 5.74) is 4.51. The predicted octanol–water partition coefficient (Wildman–Crippen LogP) is 3.88. The molecule has 0 saturated heterocycles. The third-order valence-corrected chi connectivity index (χ3v) is 4.34. The van der Waals surface area contributed by atoms with Gasteiger partial charge in [0.25, 0.3) is 0 Å². The van der Waals surface area contributed by atoms with E-state index in [1.54, 1.807) is 0 Å². The molecule has 0 spiro atoms. The topological polar surface area (TPSA) is 3.24 Å². The van der Waals surface area contributed by atoms with Gasteiger partial charge < -0.3 is 4.90 Å². The van der Waals surface area contributed by atoms with Crippen LogP contribution in [0.5, 0.6) is 0 Å². The van der Waals surface area contributed by atoms with E-state index in [1.165, 1.54) is 27.7 Å². The minimum atomic E-state index is 0.313. The van der Waals surface area contributed by atoms with Crippen LogP contribution in [-0.4, -0.2) is 13.6 Å². The van der Waals surface area contributed by atoms with Gasteiger partial charge in [0.2, 0.25) is 0 Å². The van der Waals surface area contributed by atoms with E-state index in [0.717, 1.165) is 6.54 Å². The van der Waals surface area contributed by atoms with Crippen LogP contribution in [-0.2, 0) is 5.41 Å². The zero-order chi connectivity index (χ0) is 11.2. The van der Waals surface area contributed by atoms with E-state index in [4.69, 9.17) is 0 Å².